The molecule has 92 valence electrons. The molecule has 0 aliphatic heterocycles. The van der Waals surface area contributed by atoms with Crippen LogP contribution in [0, 0.1) is 6.92 Å². The number of halogens is 1. The maximum absolute atomic E-state index is 10.1. The summed E-state index contributed by atoms with van der Waals surface area (Å²) in [4.78, 5) is 0. The van der Waals surface area contributed by atoms with Crippen LogP contribution in [-0.4, -0.2) is 5.11 Å². The molecule has 0 radical (unpaired) electrons. The van der Waals surface area contributed by atoms with Gasteiger partial charge in [-0.05, 0) is 42.2 Å². The van der Waals surface area contributed by atoms with Crippen LogP contribution < -0.4 is 0 Å². The van der Waals surface area contributed by atoms with Crippen molar-refractivity contribution in [2.45, 2.75) is 25.4 Å². The van der Waals surface area contributed by atoms with Crippen LogP contribution in [-0.2, 0) is 0 Å². The summed E-state index contributed by atoms with van der Waals surface area (Å²) in [6, 6.07) is 14.3. The van der Waals surface area contributed by atoms with E-state index < -0.39 is 0 Å². The van der Waals surface area contributed by atoms with Gasteiger partial charge in [-0.25, -0.2) is 0 Å². The average Bonchev–Trinajstić information content (AvgIpc) is 2.67. The molecule has 3 rings (SSSR count). The molecule has 2 atom stereocenters. The average molecular weight is 259 g/mol. The van der Waals surface area contributed by atoms with Gasteiger partial charge in [0.2, 0.25) is 0 Å². The lowest BCUT2D eigenvalue weighted by molar-refractivity contribution is 0.176. The van der Waals surface area contributed by atoms with Crippen molar-refractivity contribution in [2.24, 2.45) is 0 Å². The molecule has 0 saturated carbocycles. The Morgan fingerprint density at radius 2 is 1.78 bits per heavy atom. The lowest BCUT2D eigenvalue weighted by Crippen LogP contribution is -1.96. The molecular weight excluding hydrogens is 244 g/mol. The predicted octanol–water partition coefficient (Wildman–Crippen LogP) is 4.22. The van der Waals surface area contributed by atoms with E-state index in [9.17, 15) is 5.11 Å². The molecule has 2 aromatic carbocycles. The van der Waals surface area contributed by atoms with Crippen molar-refractivity contribution in [1.82, 2.24) is 0 Å². The molecule has 0 amide bonds. The van der Waals surface area contributed by atoms with E-state index in [1.807, 2.05) is 18.2 Å². The molecule has 2 aromatic rings. The number of hydrogen-bond donors (Lipinski definition) is 1. The summed E-state index contributed by atoms with van der Waals surface area (Å²) in [5, 5.41) is 10.9. The van der Waals surface area contributed by atoms with Crippen LogP contribution in [0.1, 0.15) is 40.7 Å². The third-order valence-electron chi connectivity index (χ3n) is 3.72. The predicted molar refractivity (Wildman–Crippen MR) is 74.1 cm³/mol. The Kier molecular flexibility index (Phi) is 2.89. The molecule has 1 aliphatic carbocycles. The highest BCUT2D eigenvalue weighted by Gasteiger charge is 2.30. The monoisotopic (exact) mass is 258 g/mol. The third-order valence-corrected chi connectivity index (χ3v) is 3.96. The highest BCUT2D eigenvalue weighted by Crippen LogP contribution is 2.44. The van der Waals surface area contributed by atoms with E-state index in [0.717, 1.165) is 17.0 Å². The van der Waals surface area contributed by atoms with Crippen molar-refractivity contribution < 1.29 is 5.11 Å². The van der Waals surface area contributed by atoms with Crippen LogP contribution >= 0.6 is 11.6 Å². The zero-order valence-corrected chi connectivity index (χ0v) is 11.0. The van der Waals surface area contributed by atoms with Gasteiger partial charge in [-0.3, -0.25) is 0 Å². The van der Waals surface area contributed by atoms with Gasteiger partial charge in [0.1, 0.15) is 0 Å². The quantitative estimate of drug-likeness (QED) is 0.812. The molecular formula is C16H15ClO. The van der Waals surface area contributed by atoms with Crippen molar-refractivity contribution in [1.29, 1.82) is 0 Å². The SMILES string of the molecule is Cc1ccc([C@@H]2C[C@@H](O)c3ccc(Cl)cc32)cc1. The number of aliphatic hydroxyl groups excluding tert-OH is 1. The van der Waals surface area contributed by atoms with E-state index in [4.69, 9.17) is 11.6 Å². The second-order valence-electron chi connectivity index (χ2n) is 4.99. The summed E-state index contributed by atoms with van der Waals surface area (Å²) in [5.41, 5.74) is 4.69. The number of aryl methyl sites for hydroxylation is 1. The first-order chi connectivity index (χ1) is 8.65. The van der Waals surface area contributed by atoms with Gasteiger partial charge in [0.25, 0.3) is 0 Å². The van der Waals surface area contributed by atoms with Crippen LogP contribution in [0.2, 0.25) is 5.02 Å². The molecule has 1 nitrogen and oxygen atoms in total. The molecule has 0 unspecified atom stereocenters. The highest BCUT2D eigenvalue weighted by molar-refractivity contribution is 6.30. The Labute approximate surface area is 112 Å². The van der Waals surface area contributed by atoms with Crippen molar-refractivity contribution >= 4 is 11.6 Å². The summed E-state index contributed by atoms with van der Waals surface area (Å²) in [5.74, 6) is 0.259. The van der Waals surface area contributed by atoms with Crippen LogP contribution in [0.4, 0.5) is 0 Å². The van der Waals surface area contributed by atoms with E-state index in [2.05, 4.69) is 31.2 Å². The van der Waals surface area contributed by atoms with Gasteiger partial charge in [0.05, 0.1) is 6.10 Å². The Morgan fingerprint density at radius 1 is 1.06 bits per heavy atom. The Hall–Kier alpha value is -1.31. The number of fused-ring (bicyclic) bond motifs is 1. The minimum atomic E-state index is -0.372. The van der Waals surface area contributed by atoms with Gasteiger partial charge in [0.15, 0.2) is 0 Å². The van der Waals surface area contributed by atoms with Crippen LogP contribution in [0.5, 0.6) is 0 Å². The molecule has 0 bridgehead atoms. The van der Waals surface area contributed by atoms with Crippen LogP contribution in [0.25, 0.3) is 0 Å². The van der Waals surface area contributed by atoms with Gasteiger partial charge in [-0.1, -0.05) is 47.5 Å². The lowest BCUT2D eigenvalue weighted by atomic mass is 9.92. The summed E-state index contributed by atoms with van der Waals surface area (Å²) >= 11 is 6.07. The second-order valence-corrected chi connectivity index (χ2v) is 5.42. The molecule has 0 fully saturated rings. The number of benzene rings is 2. The van der Waals surface area contributed by atoms with E-state index in [-0.39, 0.29) is 12.0 Å². The fourth-order valence-electron chi connectivity index (χ4n) is 2.74. The van der Waals surface area contributed by atoms with Crippen molar-refractivity contribution in [3.05, 3.63) is 69.7 Å². The Morgan fingerprint density at radius 3 is 2.50 bits per heavy atom. The van der Waals surface area contributed by atoms with E-state index in [1.54, 1.807) is 0 Å². The molecule has 1 N–H and O–H groups in total. The number of rotatable bonds is 1. The summed E-state index contributed by atoms with van der Waals surface area (Å²) < 4.78 is 0. The minimum Gasteiger partial charge on any atom is -0.388 e. The molecule has 0 heterocycles. The fraction of sp³-hybridized carbons (Fsp3) is 0.250. The van der Waals surface area contributed by atoms with E-state index in [1.165, 1.54) is 16.7 Å². The van der Waals surface area contributed by atoms with Crippen LogP contribution in [0.3, 0.4) is 0 Å². The largest absolute Gasteiger partial charge is 0.388 e. The minimum absolute atomic E-state index is 0.259. The molecule has 0 saturated heterocycles. The summed E-state index contributed by atoms with van der Waals surface area (Å²) in [7, 11) is 0. The van der Waals surface area contributed by atoms with Crippen molar-refractivity contribution in [3.8, 4) is 0 Å². The maximum Gasteiger partial charge on any atom is 0.0802 e. The molecule has 0 spiro atoms. The summed E-state index contributed by atoms with van der Waals surface area (Å²) in [6.07, 6.45) is 0.377. The van der Waals surface area contributed by atoms with Crippen LogP contribution in [0.15, 0.2) is 42.5 Å². The number of aliphatic hydroxyl groups is 1. The molecule has 2 heteroatoms. The fourth-order valence-corrected chi connectivity index (χ4v) is 2.92. The first-order valence-corrected chi connectivity index (χ1v) is 6.57. The van der Waals surface area contributed by atoms with Gasteiger partial charge in [-0.2, -0.15) is 0 Å². The topological polar surface area (TPSA) is 20.2 Å². The zero-order valence-electron chi connectivity index (χ0n) is 10.2. The smallest absolute Gasteiger partial charge is 0.0802 e. The molecule has 18 heavy (non-hydrogen) atoms. The molecule has 0 aromatic heterocycles. The highest BCUT2D eigenvalue weighted by atomic mass is 35.5. The standard InChI is InChI=1S/C16H15ClO/c1-10-2-4-11(5-3-10)14-9-16(18)13-7-6-12(17)8-15(13)14/h2-8,14,16,18H,9H2,1H3/t14-,16+/m0/s1. The Balaban J connectivity index is 2.06. The van der Waals surface area contributed by atoms with Gasteiger partial charge in [-0.15, -0.1) is 0 Å². The van der Waals surface area contributed by atoms with Crippen molar-refractivity contribution in [2.75, 3.05) is 0 Å². The first kappa shape index (κ1) is 11.8. The molecule has 1 aliphatic rings. The normalized spacial score (nSPS) is 21.9. The van der Waals surface area contributed by atoms with E-state index in [0.29, 0.717) is 0 Å². The van der Waals surface area contributed by atoms with Gasteiger partial charge in [0, 0.05) is 10.9 Å². The van der Waals surface area contributed by atoms with Gasteiger partial charge < -0.3 is 5.11 Å². The van der Waals surface area contributed by atoms with Gasteiger partial charge >= 0.3 is 0 Å². The second kappa shape index (κ2) is 4.42. The first-order valence-electron chi connectivity index (χ1n) is 6.19. The number of hydrogen-bond acceptors (Lipinski definition) is 1. The lowest BCUT2D eigenvalue weighted by Gasteiger charge is -2.12. The maximum atomic E-state index is 10.1. The van der Waals surface area contributed by atoms with Crippen molar-refractivity contribution in [3.63, 3.8) is 0 Å². The Bertz CT molecular complexity index is 574. The zero-order chi connectivity index (χ0) is 12.7. The third kappa shape index (κ3) is 1.94. The summed E-state index contributed by atoms with van der Waals surface area (Å²) in [6.45, 7) is 2.08. The van der Waals surface area contributed by atoms with E-state index >= 15 is 0 Å².